The Bertz CT molecular complexity index is 1070. The molecule has 0 aliphatic heterocycles. The number of anilines is 1. The van der Waals surface area contributed by atoms with Gasteiger partial charge in [-0.3, -0.25) is 24.0 Å². The highest BCUT2D eigenvalue weighted by Crippen LogP contribution is 2.17. The maximum absolute atomic E-state index is 13.0. The van der Waals surface area contributed by atoms with Gasteiger partial charge >= 0.3 is 11.9 Å². The molecule has 3 amide bonds. The molecule has 0 aliphatic rings. The van der Waals surface area contributed by atoms with Crippen molar-refractivity contribution < 1.29 is 43.0 Å². The van der Waals surface area contributed by atoms with Crippen LogP contribution < -0.4 is 16.0 Å². The summed E-state index contributed by atoms with van der Waals surface area (Å²) in [6.07, 6.45) is 0. The van der Waals surface area contributed by atoms with Crippen molar-refractivity contribution in [1.29, 1.82) is 0 Å². The van der Waals surface area contributed by atoms with E-state index < -0.39 is 54.4 Å². The Morgan fingerprint density at radius 1 is 0.848 bits per heavy atom. The zero-order chi connectivity index (χ0) is 25.1. The van der Waals surface area contributed by atoms with Crippen molar-refractivity contribution in [2.45, 2.75) is 13.8 Å². The fraction of sp³-hybridized carbons (Fsp3) is 0.190. The topological polar surface area (TPSA) is 162 Å². The van der Waals surface area contributed by atoms with Gasteiger partial charge < -0.3 is 26.2 Å². The summed E-state index contributed by atoms with van der Waals surface area (Å²) >= 11 is 0. The number of nitrogens with one attached hydrogen (secondary N) is 3. The molecule has 0 fully saturated rings. The Labute approximate surface area is 186 Å². The van der Waals surface area contributed by atoms with E-state index in [0.717, 1.165) is 18.2 Å². The lowest BCUT2D eigenvalue weighted by Crippen LogP contribution is -2.30. The highest BCUT2D eigenvalue weighted by Gasteiger charge is 2.14. The summed E-state index contributed by atoms with van der Waals surface area (Å²) in [7, 11) is 0. The van der Waals surface area contributed by atoms with Crippen LogP contribution in [0.2, 0.25) is 0 Å². The van der Waals surface area contributed by atoms with E-state index in [1.807, 2.05) is 0 Å². The van der Waals surface area contributed by atoms with Gasteiger partial charge in [0, 0.05) is 12.5 Å². The second-order valence-electron chi connectivity index (χ2n) is 6.49. The molecule has 0 aliphatic carbocycles. The lowest BCUT2D eigenvalue weighted by atomic mass is 10.1. The van der Waals surface area contributed by atoms with E-state index in [9.17, 15) is 32.8 Å². The van der Waals surface area contributed by atoms with Gasteiger partial charge in [-0.15, -0.1) is 0 Å². The number of halogens is 2. The predicted molar refractivity (Wildman–Crippen MR) is 112 cm³/mol. The molecular formula is C21H21F2N3O7. The number of rotatable bonds is 7. The van der Waals surface area contributed by atoms with Gasteiger partial charge in [0.25, 0.3) is 11.8 Å². The first-order chi connectivity index (χ1) is 15.4. The number of carboxylic acids is 2. The van der Waals surface area contributed by atoms with Crippen molar-refractivity contribution in [2.75, 3.05) is 18.4 Å². The molecule has 0 atom stereocenters. The van der Waals surface area contributed by atoms with Gasteiger partial charge in [-0.2, -0.15) is 0 Å². The van der Waals surface area contributed by atoms with E-state index in [1.165, 1.54) is 32.0 Å². The van der Waals surface area contributed by atoms with Crippen LogP contribution in [-0.2, 0) is 14.4 Å². The number of carbonyl (C=O) groups is 5. The van der Waals surface area contributed by atoms with Crippen LogP contribution in [0.5, 0.6) is 0 Å². The Morgan fingerprint density at radius 3 is 1.94 bits per heavy atom. The van der Waals surface area contributed by atoms with Gasteiger partial charge in [0.15, 0.2) is 0 Å². The van der Waals surface area contributed by atoms with Crippen LogP contribution >= 0.6 is 0 Å². The van der Waals surface area contributed by atoms with Crippen molar-refractivity contribution in [3.8, 4) is 0 Å². The molecule has 0 saturated carbocycles. The molecule has 2 aromatic carbocycles. The molecule has 0 spiro atoms. The van der Waals surface area contributed by atoms with Gasteiger partial charge in [-0.1, -0.05) is 0 Å². The maximum atomic E-state index is 13.0. The quantitative estimate of drug-likeness (QED) is 0.416. The van der Waals surface area contributed by atoms with Gasteiger partial charge in [0.1, 0.15) is 24.7 Å². The Balaban J connectivity index is 0.000000335. The summed E-state index contributed by atoms with van der Waals surface area (Å²) < 4.78 is 25.8. The first-order valence-electron chi connectivity index (χ1n) is 9.24. The van der Waals surface area contributed by atoms with Crippen LogP contribution in [0.1, 0.15) is 33.2 Å². The number of amides is 3. The van der Waals surface area contributed by atoms with Crippen LogP contribution in [0.15, 0.2) is 36.4 Å². The van der Waals surface area contributed by atoms with E-state index in [4.69, 9.17) is 10.2 Å². The molecule has 0 heterocycles. The smallest absolute Gasteiger partial charge is 0.322 e. The first-order valence-corrected chi connectivity index (χ1v) is 9.24. The van der Waals surface area contributed by atoms with E-state index in [2.05, 4.69) is 16.0 Å². The van der Waals surface area contributed by atoms with Crippen molar-refractivity contribution in [3.63, 3.8) is 0 Å². The predicted octanol–water partition coefficient (Wildman–Crippen LogP) is 1.55. The number of carboxylic acid groups (broad SMARTS) is 2. The number of carbonyl (C=O) groups excluding carboxylic acids is 3. The Hall–Kier alpha value is -4.35. The summed E-state index contributed by atoms with van der Waals surface area (Å²) in [6, 6.07) is 7.03. The lowest BCUT2D eigenvalue weighted by molar-refractivity contribution is -0.136. The van der Waals surface area contributed by atoms with Crippen molar-refractivity contribution >= 4 is 35.3 Å². The van der Waals surface area contributed by atoms with Crippen LogP contribution in [0, 0.1) is 18.6 Å². The molecule has 0 aromatic heterocycles. The minimum absolute atomic E-state index is 0.00662. The van der Waals surface area contributed by atoms with Crippen molar-refractivity contribution in [1.82, 2.24) is 10.6 Å². The molecule has 0 radical (unpaired) electrons. The summed E-state index contributed by atoms with van der Waals surface area (Å²) in [6.45, 7) is 1.73. The molecule has 0 saturated heterocycles. The summed E-state index contributed by atoms with van der Waals surface area (Å²) in [5.74, 6) is -5.04. The van der Waals surface area contributed by atoms with E-state index in [1.54, 1.807) is 0 Å². The van der Waals surface area contributed by atoms with Gasteiger partial charge in [0.2, 0.25) is 5.91 Å². The van der Waals surface area contributed by atoms with Gasteiger partial charge in [-0.25, -0.2) is 8.78 Å². The highest BCUT2D eigenvalue weighted by atomic mass is 18.2. The number of aliphatic carboxylic acids is 2. The van der Waals surface area contributed by atoms with Crippen LogP contribution in [0.25, 0.3) is 0 Å². The molecule has 2 aromatic rings. The molecule has 0 bridgehead atoms. The molecule has 2 rings (SSSR count). The molecular weight excluding hydrogens is 442 g/mol. The molecule has 5 N–H and O–H groups in total. The third-order valence-electron chi connectivity index (χ3n) is 3.76. The maximum Gasteiger partial charge on any atom is 0.322 e. The molecule has 33 heavy (non-hydrogen) atoms. The largest absolute Gasteiger partial charge is 0.480 e. The number of hydrogen-bond donors (Lipinski definition) is 5. The summed E-state index contributed by atoms with van der Waals surface area (Å²) in [4.78, 5) is 54.3. The average Bonchev–Trinajstić information content (AvgIpc) is 2.72. The Kier molecular flexibility index (Phi) is 10.1. The van der Waals surface area contributed by atoms with Gasteiger partial charge in [-0.05, 0) is 48.9 Å². The van der Waals surface area contributed by atoms with Crippen LogP contribution in [0.3, 0.4) is 0 Å². The summed E-state index contributed by atoms with van der Waals surface area (Å²) in [5, 5.41) is 23.4. The van der Waals surface area contributed by atoms with E-state index >= 15 is 0 Å². The van der Waals surface area contributed by atoms with Crippen LogP contribution in [0.4, 0.5) is 14.5 Å². The third kappa shape index (κ3) is 9.55. The summed E-state index contributed by atoms with van der Waals surface area (Å²) in [5.41, 5.74) is 0.575. The van der Waals surface area contributed by atoms with Crippen molar-refractivity contribution in [2.24, 2.45) is 0 Å². The lowest BCUT2D eigenvalue weighted by Gasteiger charge is -2.09. The normalized spacial score (nSPS) is 9.70. The van der Waals surface area contributed by atoms with Gasteiger partial charge in [0.05, 0.1) is 11.3 Å². The minimum Gasteiger partial charge on any atom is -0.480 e. The molecule has 10 nitrogen and oxygen atoms in total. The molecule has 12 heteroatoms. The highest BCUT2D eigenvalue weighted by molar-refractivity contribution is 6.04. The van der Waals surface area contributed by atoms with Crippen LogP contribution in [-0.4, -0.2) is 53.0 Å². The third-order valence-corrected chi connectivity index (χ3v) is 3.76. The fourth-order valence-electron chi connectivity index (χ4n) is 2.30. The second-order valence-corrected chi connectivity index (χ2v) is 6.49. The van der Waals surface area contributed by atoms with E-state index in [-0.39, 0.29) is 16.8 Å². The second kappa shape index (κ2) is 12.5. The molecule has 0 unspecified atom stereocenters. The van der Waals surface area contributed by atoms with Crippen molar-refractivity contribution in [3.05, 3.63) is 64.7 Å². The standard InChI is InChI=1S/C11H11FN2O4.C10H10FNO3/c1-6(15)14-9-4-7(12)2-3-8(9)11(18)13-5-10(16)17;1-6-4-7(2-3-8(6)11)10(15)12-5-9(13)14/h2-4H,5H2,1H3,(H,13,18)(H,14,15)(H,16,17);2-4H,5H2,1H3,(H,12,15)(H,13,14)/i12-1;11-1. The minimum atomic E-state index is -1.20. The fourth-order valence-corrected chi connectivity index (χ4v) is 2.30. The monoisotopic (exact) mass is 463 g/mol. The number of hydrogen-bond acceptors (Lipinski definition) is 5. The van der Waals surface area contributed by atoms with E-state index in [0.29, 0.717) is 5.56 Å². The number of aryl methyl sites for hydroxylation is 1. The first kappa shape index (κ1) is 26.7. The average molecular weight is 463 g/mol. The molecule has 176 valence electrons. The number of benzene rings is 2. The SMILES string of the molecule is CC(=O)Nc1cc([18F])ccc1C(=O)NCC(=O)O.Cc1cc(C(=O)NCC(=O)O)ccc1[18F]. The Morgan fingerprint density at radius 2 is 1.42 bits per heavy atom. The zero-order valence-corrected chi connectivity index (χ0v) is 17.6. The zero-order valence-electron chi connectivity index (χ0n) is 17.6.